The highest BCUT2D eigenvalue weighted by Crippen LogP contribution is 2.41. The Labute approximate surface area is 384 Å². The molecule has 3 N–H and O–H groups in total. The van der Waals surface area contributed by atoms with Gasteiger partial charge in [0.1, 0.15) is 43.1 Å². The standard InChI is InChI=1S/C43H40IN5O3S6.H3N/c1-4-6-18-53-25-57-39-33(24-45)32(23-34(48-39)40-46-16-20-55-40)29-10-8-28(9-11-29)22-35(50)52-43(51)37-36(30-12-14-31(44)15-13-30)27(3)38(42-47-17-21-56-42)49-41(37)58-26-54-19-7-5-2;/h8-17,20-21,23H,4-7,18-19,22,25-26H2,1-3H3;1H3. The van der Waals surface area contributed by atoms with Crippen LogP contribution < -0.4 is 6.15 Å². The lowest BCUT2D eigenvalue weighted by atomic mass is 9.95. The number of unbranched alkanes of at least 4 members (excludes halogenated alkanes) is 2. The number of halogens is 1. The Kier molecular flexibility index (Phi) is 18.7. The highest BCUT2D eigenvalue weighted by atomic mass is 127. The number of benzene rings is 2. The van der Waals surface area contributed by atoms with Crippen LogP contribution in [0.5, 0.6) is 0 Å². The fraction of sp³-hybridized carbons (Fsp3) is 0.279. The Bertz CT molecular complexity index is 2350. The second kappa shape index (κ2) is 23.6. The van der Waals surface area contributed by atoms with Crippen molar-refractivity contribution in [2.45, 2.75) is 62.9 Å². The number of nitriles is 1. The van der Waals surface area contributed by atoms with E-state index in [0.717, 1.165) is 78.1 Å². The van der Waals surface area contributed by atoms with Gasteiger partial charge in [-0.05, 0) is 94.3 Å². The highest BCUT2D eigenvalue weighted by Gasteiger charge is 2.28. The maximum atomic E-state index is 14.2. The number of rotatable bonds is 19. The first-order valence-electron chi connectivity index (χ1n) is 18.6. The topological polar surface area (TPSA) is 154 Å². The molecule has 6 aromatic rings. The van der Waals surface area contributed by atoms with E-state index >= 15 is 0 Å². The lowest BCUT2D eigenvalue weighted by molar-refractivity contribution is -0.137. The number of nitrogens with zero attached hydrogens (tertiary/aromatic N) is 5. The van der Waals surface area contributed by atoms with Crippen LogP contribution in [0.25, 0.3) is 43.7 Å². The molecule has 306 valence electrons. The largest absolute Gasteiger partial charge is 0.389 e. The number of esters is 2. The molecule has 0 saturated carbocycles. The number of pyridine rings is 2. The molecule has 0 spiro atoms. The van der Waals surface area contributed by atoms with E-state index in [1.54, 1.807) is 35.9 Å². The number of aromatic nitrogens is 4. The summed E-state index contributed by atoms with van der Waals surface area (Å²) in [6, 6.07) is 19.7. The van der Waals surface area contributed by atoms with Crippen molar-refractivity contribution in [1.82, 2.24) is 26.1 Å². The number of carbonyl (C=O) groups excluding carboxylic acids is 2. The zero-order valence-corrected chi connectivity index (χ0v) is 39.9. The van der Waals surface area contributed by atoms with Crippen LogP contribution in [0.1, 0.15) is 66.6 Å². The first kappa shape index (κ1) is 46.8. The summed E-state index contributed by atoms with van der Waals surface area (Å²) in [6.45, 7) is 6.28. The summed E-state index contributed by atoms with van der Waals surface area (Å²) in [5, 5.41) is 18.4. The van der Waals surface area contributed by atoms with E-state index in [-0.39, 0.29) is 18.1 Å². The van der Waals surface area contributed by atoms with Crippen LogP contribution in [0, 0.1) is 21.8 Å². The summed E-state index contributed by atoms with van der Waals surface area (Å²) in [5.41, 5.74) is 6.73. The Morgan fingerprint density at radius 1 is 0.831 bits per heavy atom. The van der Waals surface area contributed by atoms with Gasteiger partial charge >= 0.3 is 11.9 Å². The molecule has 0 saturated heterocycles. The summed E-state index contributed by atoms with van der Waals surface area (Å²) >= 11 is 11.9. The normalized spacial score (nSPS) is 10.9. The molecule has 4 heterocycles. The van der Waals surface area contributed by atoms with Crippen molar-refractivity contribution in [2.75, 3.05) is 21.7 Å². The van der Waals surface area contributed by atoms with Gasteiger partial charge in [-0.25, -0.2) is 24.7 Å². The smallest absolute Gasteiger partial charge is 0.349 e. The predicted octanol–water partition coefficient (Wildman–Crippen LogP) is 13.1. The van der Waals surface area contributed by atoms with E-state index < -0.39 is 11.9 Å². The minimum atomic E-state index is -0.736. The van der Waals surface area contributed by atoms with Crippen molar-refractivity contribution in [2.24, 2.45) is 0 Å². The maximum Gasteiger partial charge on any atom is 0.349 e. The Hall–Kier alpha value is -3.28. The number of hydrogen-bond donors (Lipinski definition) is 1. The third-order valence-electron chi connectivity index (χ3n) is 8.79. The van der Waals surface area contributed by atoms with E-state index in [9.17, 15) is 14.9 Å². The van der Waals surface area contributed by atoms with Gasteiger partial charge in [-0.1, -0.05) is 86.6 Å². The Morgan fingerprint density at radius 2 is 1.44 bits per heavy atom. The summed E-state index contributed by atoms with van der Waals surface area (Å²) in [5.74, 6) is 0.649. The fourth-order valence-electron chi connectivity index (χ4n) is 5.86. The third kappa shape index (κ3) is 12.4. The molecule has 0 radical (unpaired) electrons. The first-order chi connectivity index (χ1) is 28.3. The molecule has 59 heavy (non-hydrogen) atoms. The molecule has 0 bridgehead atoms. The van der Waals surface area contributed by atoms with Gasteiger partial charge < -0.3 is 10.9 Å². The van der Waals surface area contributed by atoms with Crippen molar-refractivity contribution >= 4 is 104 Å². The highest BCUT2D eigenvalue weighted by molar-refractivity contribution is 14.1. The zero-order chi connectivity index (χ0) is 40.9. The molecule has 0 fully saturated rings. The first-order valence-corrected chi connectivity index (χ1v) is 25.7. The second-order valence-corrected chi connectivity index (χ2v) is 20.8. The Morgan fingerprint density at radius 3 is 2.03 bits per heavy atom. The molecule has 9 nitrogen and oxygen atoms in total. The van der Waals surface area contributed by atoms with E-state index in [2.05, 4.69) is 52.5 Å². The number of ether oxygens (including phenoxy) is 1. The quantitative estimate of drug-likeness (QED) is 0.0205. The van der Waals surface area contributed by atoms with Crippen LogP contribution >= 0.6 is 92.3 Å². The maximum absolute atomic E-state index is 14.2. The van der Waals surface area contributed by atoms with E-state index in [4.69, 9.17) is 14.7 Å². The molecule has 2 aromatic carbocycles. The van der Waals surface area contributed by atoms with E-state index in [0.29, 0.717) is 43.2 Å². The molecule has 0 aliphatic heterocycles. The van der Waals surface area contributed by atoms with Gasteiger partial charge in [0.2, 0.25) is 0 Å². The van der Waals surface area contributed by atoms with Crippen LogP contribution in [0.2, 0.25) is 0 Å². The molecule has 0 aliphatic carbocycles. The Balaban J connectivity index is 0.00000661. The van der Waals surface area contributed by atoms with Gasteiger partial charge in [0.25, 0.3) is 0 Å². The minimum absolute atomic E-state index is 0. The molecule has 16 heteroatoms. The number of thioether (sulfide) groups is 4. The number of thiazole rings is 2. The van der Waals surface area contributed by atoms with Gasteiger partial charge in [0.05, 0.1) is 12.0 Å². The summed E-state index contributed by atoms with van der Waals surface area (Å²) in [6.07, 6.45) is 7.86. The third-order valence-corrected chi connectivity index (χ3v) is 15.7. The van der Waals surface area contributed by atoms with Gasteiger partial charge in [-0.15, -0.1) is 22.7 Å². The fourth-order valence-corrected chi connectivity index (χ4v) is 11.9. The van der Waals surface area contributed by atoms with Crippen LogP contribution in [-0.4, -0.2) is 53.6 Å². The molecule has 0 atom stereocenters. The number of carbonyl (C=O) groups is 2. The van der Waals surface area contributed by atoms with Crippen molar-refractivity contribution in [3.63, 3.8) is 0 Å². The molecule has 4 aromatic heterocycles. The van der Waals surface area contributed by atoms with Crippen LogP contribution in [0.3, 0.4) is 0 Å². The summed E-state index contributed by atoms with van der Waals surface area (Å²) < 4.78 is 6.73. The van der Waals surface area contributed by atoms with Crippen molar-refractivity contribution in [1.29, 1.82) is 5.26 Å². The van der Waals surface area contributed by atoms with Crippen LogP contribution in [0.4, 0.5) is 0 Å². The van der Waals surface area contributed by atoms with Gasteiger partial charge in [0, 0.05) is 48.0 Å². The van der Waals surface area contributed by atoms with Crippen LogP contribution in [-0.2, 0) is 16.0 Å². The second-order valence-electron chi connectivity index (χ2n) is 12.9. The molecule has 0 amide bonds. The van der Waals surface area contributed by atoms with Gasteiger partial charge in [-0.2, -0.15) is 28.8 Å². The SMILES string of the molecule is CCCCSCSc1nc(-c2nccs2)cc(-c2ccc(CC(=O)OC(=O)c3c(SCSCCCC)nc(-c4nccs4)c(C)c3-c3ccc(I)cc3)cc2)c1C#N.N. The average Bonchev–Trinajstić information content (AvgIpc) is 3.98. The predicted molar refractivity (Wildman–Crippen MR) is 259 cm³/mol. The lowest BCUT2D eigenvalue weighted by Crippen LogP contribution is -2.18. The molecule has 6 rings (SSSR count). The molecular weight excluding hydrogens is 968 g/mol. The number of hydrogen-bond acceptors (Lipinski definition) is 15. The van der Waals surface area contributed by atoms with E-state index in [1.807, 2.05) is 84.0 Å². The van der Waals surface area contributed by atoms with Gasteiger partial charge in [0.15, 0.2) is 0 Å². The molecule has 0 unspecified atom stereocenters. The monoisotopic (exact) mass is 1010 g/mol. The average molecular weight is 1010 g/mol. The van der Waals surface area contributed by atoms with Crippen molar-refractivity contribution in [3.8, 4) is 49.7 Å². The molecular formula is C43H43IN6O3S6. The zero-order valence-electron chi connectivity index (χ0n) is 32.9. The summed E-state index contributed by atoms with van der Waals surface area (Å²) in [7, 11) is 0. The summed E-state index contributed by atoms with van der Waals surface area (Å²) in [4.78, 5) is 46.7. The van der Waals surface area contributed by atoms with Crippen LogP contribution in [0.15, 0.2) is 87.8 Å². The van der Waals surface area contributed by atoms with Crippen molar-refractivity contribution in [3.05, 3.63) is 104 Å². The molecule has 0 aliphatic rings. The van der Waals surface area contributed by atoms with E-state index in [1.165, 1.54) is 34.4 Å². The van der Waals surface area contributed by atoms with Gasteiger partial charge in [-0.3, -0.25) is 4.79 Å². The minimum Gasteiger partial charge on any atom is -0.389 e. The lowest BCUT2D eigenvalue weighted by Gasteiger charge is -2.18. The van der Waals surface area contributed by atoms with Crippen molar-refractivity contribution < 1.29 is 14.3 Å².